The van der Waals surface area contributed by atoms with Gasteiger partial charge in [-0.1, -0.05) is 37.1 Å². The fraction of sp³-hybridized carbons (Fsp3) is 0.267. The highest BCUT2D eigenvalue weighted by Gasteiger charge is 2.42. The second-order valence-electron chi connectivity index (χ2n) is 9.64. The number of nitrogens with one attached hydrogen (secondary N) is 1. The molecule has 1 saturated heterocycles. The highest BCUT2D eigenvalue weighted by atomic mass is 32.1. The van der Waals surface area contributed by atoms with Crippen molar-refractivity contribution in [2.24, 2.45) is 0 Å². The predicted molar refractivity (Wildman–Crippen MR) is 148 cm³/mol. The Labute approximate surface area is 217 Å². The van der Waals surface area contributed by atoms with Gasteiger partial charge in [0.2, 0.25) is 0 Å². The van der Waals surface area contributed by atoms with Crippen LogP contribution >= 0.6 is 12.2 Å². The molecule has 2 atom stereocenters. The first-order valence-corrected chi connectivity index (χ1v) is 13.1. The molecule has 2 aliphatic rings. The lowest BCUT2D eigenvalue weighted by atomic mass is 10.00. The number of para-hydroxylation sites is 1. The molecule has 6 rings (SSSR count). The van der Waals surface area contributed by atoms with Crippen molar-refractivity contribution < 1.29 is 4.74 Å². The Hall–Kier alpha value is -3.64. The van der Waals surface area contributed by atoms with Gasteiger partial charge in [0.1, 0.15) is 17.5 Å². The first kappa shape index (κ1) is 22.8. The molecule has 4 aromatic rings. The second-order valence-corrected chi connectivity index (χ2v) is 10.0. The van der Waals surface area contributed by atoms with Crippen LogP contribution in [0.4, 0.5) is 5.69 Å². The van der Waals surface area contributed by atoms with E-state index in [9.17, 15) is 0 Å². The molecule has 0 bridgehead atoms. The lowest BCUT2D eigenvalue weighted by molar-refractivity contribution is 0.461. The average Bonchev–Trinajstić information content (AvgIpc) is 3.66. The van der Waals surface area contributed by atoms with Crippen LogP contribution in [0.5, 0.6) is 11.5 Å². The summed E-state index contributed by atoms with van der Waals surface area (Å²) in [5.74, 6) is 1.67. The molecule has 1 saturated carbocycles. The van der Waals surface area contributed by atoms with E-state index in [1.54, 1.807) is 0 Å². The summed E-state index contributed by atoms with van der Waals surface area (Å²) >= 11 is 5.93. The molecule has 1 aliphatic carbocycles. The monoisotopic (exact) mass is 494 g/mol. The summed E-state index contributed by atoms with van der Waals surface area (Å²) in [6.07, 6.45) is 9.13. The summed E-state index contributed by atoms with van der Waals surface area (Å²) in [7, 11) is 0. The van der Waals surface area contributed by atoms with Crippen LogP contribution in [0, 0.1) is 6.92 Å². The molecule has 36 heavy (non-hydrogen) atoms. The molecule has 1 N–H and O–H groups in total. The average molecular weight is 495 g/mol. The maximum atomic E-state index is 6.15. The quantitative estimate of drug-likeness (QED) is 0.285. The van der Waals surface area contributed by atoms with Crippen molar-refractivity contribution in [1.82, 2.24) is 14.9 Å². The number of nitrogens with zero attached hydrogens (tertiary/aromatic N) is 3. The van der Waals surface area contributed by atoms with Gasteiger partial charge in [-0.15, -0.1) is 0 Å². The summed E-state index contributed by atoms with van der Waals surface area (Å²) in [6.45, 7) is 2.06. The van der Waals surface area contributed by atoms with Crippen molar-refractivity contribution in [3.8, 4) is 11.5 Å². The van der Waals surface area contributed by atoms with Crippen LogP contribution in [0.1, 0.15) is 60.8 Å². The second kappa shape index (κ2) is 9.78. The van der Waals surface area contributed by atoms with Gasteiger partial charge in [-0.2, -0.15) is 0 Å². The summed E-state index contributed by atoms with van der Waals surface area (Å²) in [5.41, 5.74) is 4.40. The number of hydrogen-bond donors (Lipinski definition) is 1. The van der Waals surface area contributed by atoms with Gasteiger partial charge < -0.3 is 19.5 Å². The summed E-state index contributed by atoms with van der Waals surface area (Å²) in [5, 5.41) is 4.30. The van der Waals surface area contributed by atoms with E-state index in [-0.39, 0.29) is 12.1 Å². The summed E-state index contributed by atoms with van der Waals surface area (Å²) < 4.78 is 8.63. The van der Waals surface area contributed by atoms with E-state index < -0.39 is 0 Å². The molecule has 0 spiro atoms. The largest absolute Gasteiger partial charge is 0.457 e. The zero-order chi connectivity index (χ0) is 24.5. The number of pyridine rings is 1. The van der Waals surface area contributed by atoms with E-state index in [4.69, 9.17) is 21.9 Å². The lowest BCUT2D eigenvalue weighted by Crippen LogP contribution is -2.30. The van der Waals surface area contributed by atoms with Crippen LogP contribution in [0.25, 0.3) is 0 Å². The SMILES string of the molecule is Cc1ccccc1Oc1ccc(N2C(=S)NC(c3ccccn3)C2c2cccn2C2CCCC2)cc1. The van der Waals surface area contributed by atoms with E-state index in [0.29, 0.717) is 11.2 Å². The fourth-order valence-corrected chi connectivity index (χ4v) is 5.92. The zero-order valence-electron chi connectivity index (χ0n) is 20.4. The Morgan fingerprint density at radius 3 is 2.44 bits per heavy atom. The molecule has 0 amide bonds. The normalized spacial score (nSPS) is 20.0. The topological polar surface area (TPSA) is 42.3 Å². The first-order chi connectivity index (χ1) is 17.7. The predicted octanol–water partition coefficient (Wildman–Crippen LogP) is 7.28. The zero-order valence-corrected chi connectivity index (χ0v) is 21.2. The Kier molecular flexibility index (Phi) is 6.20. The molecule has 0 radical (unpaired) electrons. The van der Waals surface area contributed by atoms with Crippen LogP contribution in [-0.2, 0) is 0 Å². The molecule has 2 unspecified atom stereocenters. The lowest BCUT2D eigenvalue weighted by Gasteiger charge is -2.30. The van der Waals surface area contributed by atoms with E-state index in [0.717, 1.165) is 28.4 Å². The summed E-state index contributed by atoms with van der Waals surface area (Å²) in [6, 6.07) is 27.3. The van der Waals surface area contributed by atoms with E-state index in [1.807, 2.05) is 48.7 Å². The Morgan fingerprint density at radius 2 is 1.69 bits per heavy atom. The number of rotatable bonds is 6. The smallest absolute Gasteiger partial charge is 0.174 e. The molecule has 2 fully saturated rings. The van der Waals surface area contributed by atoms with E-state index in [2.05, 4.69) is 64.3 Å². The number of thiocarbonyl (C=S) groups is 1. The molecule has 2 aromatic heterocycles. The van der Waals surface area contributed by atoms with Crippen molar-refractivity contribution in [2.75, 3.05) is 4.90 Å². The fourth-order valence-electron chi connectivity index (χ4n) is 5.58. The summed E-state index contributed by atoms with van der Waals surface area (Å²) in [4.78, 5) is 6.94. The third kappa shape index (κ3) is 4.26. The van der Waals surface area contributed by atoms with Crippen LogP contribution in [0.15, 0.2) is 91.3 Å². The first-order valence-electron chi connectivity index (χ1n) is 12.7. The minimum absolute atomic E-state index is 0.00821. The highest BCUT2D eigenvalue weighted by Crippen LogP contribution is 2.44. The van der Waals surface area contributed by atoms with Gasteiger partial charge in [-0.25, -0.2) is 0 Å². The van der Waals surface area contributed by atoms with Gasteiger partial charge in [0, 0.05) is 29.8 Å². The number of aromatic nitrogens is 2. The van der Waals surface area contributed by atoms with Gasteiger partial charge in [-0.3, -0.25) is 4.98 Å². The van der Waals surface area contributed by atoms with E-state index in [1.165, 1.54) is 31.4 Å². The number of anilines is 1. The van der Waals surface area contributed by atoms with Crippen LogP contribution in [0.2, 0.25) is 0 Å². The van der Waals surface area contributed by atoms with Gasteiger partial charge in [0.25, 0.3) is 0 Å². The van der Waals surface area contributed by atoms with E-state index >= 15 is 0 Å². The van der Waals surface area contributed by atoms with Gasteiger partial charge in [0.05, 0.1) is 11.7 Å². The van der Waals surface area contributed by atoms with Crippen molar-refractivity contribution in [1.29, 1.82) is 0 Å². The maximum Gasteiger partial charge on any atom is 0.174 e. The van der Waals surface area contributed by atoms with Crippen molar-refractivity contribution in [3.63, 3.8) is 0 Å². The number of benzene rings is 2. The van der Waals surface area contributed by atoms with Crippen molar-refractivity contribution in [3.05, 3.63) is 108 Å². The Bertz CT molecular complexity index is 1340. The van der Waals surface area contributed by atoms with Crippen LogP contribution < -0.4 is 15.0 Å². The van der Waals surface area contributed by atoms with Crippen LogP contribution in [-0.4, -0.2) is 14.7 Å². The minimum atomic E-state index is -0.0448. The number of aryl methyl sites for hydroxylation is 1. The molecule has 6 heteroatoms. The highest BCUT2D eigenvalue weighted by molar-refractivity contribution is 7.80. The van der Waals surface area contributed by atoms with Gasteiger partial charge >= 0.3 is 0 Å². The molecule has 2 aromatic carbocycles. The molecular weight excluding hydrogens is 464 g/mol. The molecule has 3 heterocycles. The van der Waals surface area contributed by atoms with Crippen molar-refractivity contribution in [2.45, 2.75) is 50.7 Å². The third-order valence-corrected chi connectivity index (χ3v) is 7.68. The molecule has 182 valence electrons. The Morgan fingerprint density at radius 1 is 0.917 bits per heavy atom. The molecule has 5 nitrogen and oxygen atoms in total. The number of ether oxygens (including phenoxy) is 1. The van der Waals surface area contributed by atoms with Crippen LogP contribution in [0.3, 0.4) is 0 Å². The minimum Gasteiger partial charge on any atom is -0.457 e. The molecule has 1 aliphatic heterocycles. The number of hydrogen-bond acceptors (Lipinski definition) is 3. The van der Waals surface area contributed by atoms with Crippen molar-refractivity contribution >= 4 is 23.0 Å². The standard InChI is InChI=1S/C30H30N4OS/c1-21-9-2-5-14-27(21)35-24-17-15-23(16-18-24)34-29(26-13-8-20-33(26)22-10-3-4-11-22)28(32-30(34)36)25-12-6-7-19-31-25/h2,5-9,12-20,22,28-29H,3-4,10-11H2,1H3,(H,32,36). The maximum absolute atomic E-state index is 6.15. The molecular formula is C30H30N4OS. The van der Waals surface area contributed by atoms with Gasteiger partial charge in [0.15, 0.2) is 5.11 Å². The Balaban J connectivity index is 1.36. The third-order valence-electron chi connectivity index (χ3n) is 7.37. The van der Waals surface area contributed by atoms with Gasteiger partial charge in [-0.05, 0) is 92.1 Å².